The molecule has 4 N–H and O–H groups in total. The van der Waals surface area contributed by atoms with Gasteiger partial charge in [-0.05, 0) is 0 Å². The third-order valence-corrected chi connectivity index (χ3v) is 0. The van der Waals surface area contributed by atoms with Crippen molar-refractivity contribution in [1.29, 1.82) is 0 Å². The summed E-state index contributed by atoms with van der Waals surface area (Å²) in [5, 5.41) is 7.32. The standard InChI is InChI=1S/2FH2NO2S.Li.H/c2*1-5(2,3)4;;/h2*(H2,2,3,4);;. The molecule has 0 bridgehead atoms. The molecule has 0 atom stereocenters. The zero-order chi connectivity index (χ0) is 9.00. The van der Waals surface area contributed by atoms with Crippen molar-refractivity contribution >= 4 is 39.7 Å². The van der Waals surface area contributed by atoms with Gasteiger partial charge in [0.1, 0.15) is 0 Å². The molecule has 6 nitrogen and oxygen atoms in total. The first-order valence-corrected chi connectivity index (χ1v) is 4.34. The molecular weight excluding hydrogens is 201 g/mol. The van der Waals surface area contributed by atoms with Gasteiger partial charge in [0.15, 0.2) is 0 Å². The maximum absolute atomic E-state index is 10.4. The molecule has 0 saturated carbocycles. The van der Waals surface area contributed by atoms with E-state index in [1.54, 1.807) is 0 Å². The van der Waals surface area contributed by atoms with Crippen molar-refractivity contribution in [1.82, 2.24) is 0 Å². The second kappa shape index (κ2) is 5.87. The summed E-state index contributed by atoms with van der Waals surface area (Å²) in [7, 11) is -9.33. The molecule has 0 radical (unpaired) electrons. The second-order valence-corrected chi connectivity index (χ2v) is 2.85. The van der Waals surface area contributed by atoms with Crippen molar-refractivity contribution in [2.45, 2.75) is 0 Å². The third-order valence-electron chi connectivity index (χ3n) is 0. The fourth-order valence-corrected chi connectivity index (χ4v) is 0. The fraction of sp³-hybridized carbons (Fsp3) is 0. The minimum absolute atomic E-state index is 0. The Morgan fingerprint density at radius 1 is 0.818 bits per heavy atom. The van der Waals surface area contributed by atoms with Crippen molar-refractivity contribution in [2.75, 3.05) is 0 Å². The topological polar surface area (TPSA) is 120 Å². The molecule has 0 spiro atoms. The molecule has 0 saturated heterocycles. The summed E-state index contributed by atoms with van der Waals surface area (Å²) in [6, 6.07) is 0. The van der Waals surface area contributed by atoms with Gasteiger partial charge in [-0.2, -0.15) is 16.8 Å². The van der Waals surface area contributed by atoms with Crippen LogP contribution in [0.4, 0.5) is 7.77 Å². The monoisotopic (exact) mass is 206 g/mol. The Bertz CT molecular complexity index is 220. The second-order valence-electron chi connectivity index (χ2n) is 0.951. The molecule has 11 heteroatoms. The van der Waals surface area contributed by atoms with Crippen LogP contribution in [0.3, 0.4) is 0 Å². The molecule has 0 aliphatic carbocycles. The van der Waals surface area contributed by atoms with Crippen LogP contribution >= 0.6 is 0 Å². The number of halogens is 2. The van der Waals surface area contributed by atoms with Crippen LogP contribution in [0.15, 0.2) is 0 Å². The summed E-state index contributed by atoms with van der Waals surface area (Å²) in [6.45, 7) is 0. The molecule has 11 heavy (non-hydrogen) atoms. The van der Waals surface area contributed by atoms with E-state index in [1.807, 2.05) is 0 Å². The van der Waals surface area contributed by atoms with Crippen LogP contribution in [0.2, 0.25) is 0 Å². The summed E-state index contributed by atoms with van der Waals surface area (Å²) in [5.74, 6) is 0. The predicted molar refractivity (Wildman–Crippen MR) is 35.6 cm³/mol. The molecule has 0 aliphatic rings. The average Bonchev–Trinajstić information content (AvgIpc) is 1.12. The van der Waals surface area contributed by atoms with Crippen molar-refractivity contribution < 1.29 is 24.6 Å². The van der Waals surface area contributed by atoms with E-state index in [9.17, 15) is 7.77 Å². The van der Waals surface area contributed by atoms with Gasteiger partial charge < -0.3 is 0 Å². The Morgan fingerprint density at radius 3 is 0.818 bits per heavy atom. The fourth-order valence-electron chi connectivity index (χ4n) is 0. The van der Waals surface area contributed by atoms with Crippen molar-refractivity contribution in [3.05, 3.63) is 0 Å². The summed E-state index contributed by atoms with van der Waals surface area (Å²) >= 11 is 0. The van der Waals surface area contributed by atoms with Crippen LogP contribution in [0.25, 0.3) is 0 Å². The van der Waals surface area contributed by atoms with Gasteiger partial charge in [-0.1, -0.05) is 7.77 Å². The summed E-state index contributed by atoms with van der Waals surface area (Å²) < 4.78 is 55.8. The first-order chi connectivity index (χ1) is 4.00. The van der Waals surface area contributed by atoms with Crippen molar-refractivity contribution in [3.8, 4) is 0 Å². The summed E-state index contributed by atoms with van der Waals surface area (Å²) in [5.41, 5.74) is 0. The number of nitrogens with two attached hydrogens (primary N) is 2. The summed E-state index contributed by atoms with van der Waals surface area (Å²) in [4.78, 5) is 0. The molecule has 0 aromatic carbocycles. The van der Waals surface area contributed by atoms with Crippen LogP contribution < -0.4 is 10.3 Å². The van der Waals surface area contributed by atoms with E-state index in [0.29, 0.717) is 0 Å². The van der Waals surface area contributed by atoms with Gasteiger partial charge in [0, 0.05) is 0 Å². The van der Waals surface area contributed by atoms with E-state index in [4.69, 9.17) is 16.8 Å². The SMILES string of the molecule is NS(=O)(=O)F.NS(=O)(=O)F.[LiH]. The molecule has 0 aliphatic heterocycles. The maximum atomic E-state index is 10.4. The van der Waals surface area contributed by atoms with E-state index in [0.717, 1.165) is 0 Å². The number of rotatable bonds is 0. The number of hydrogen-bond donors (Lipinski definition) is 2. The zero-order valence-corrected chi connectivity index (χ0v) is 5.99. The van der Waals surface area contributed by atoms with E-state index in [1.165, 1.54) is 0 Å². The van der Waals surface area contributed by atoms with Gasteiger partial charge in [0.25, 0.3) is 0 Å². The molecule has 0 heterocycles. The molecule has 0 aromatic rings. The quantitative estimate of drug-likeness (QED) is 0.341. The third kappa shape index (κ3) is 9150. The molecule has 0 rings (SSSR count). The van der Waals surface area contributed by atoms with Gasteiger partial charge in [-0.3, -0.25) is 0 Å². The van der Waals surface area contributed by atoms with Crippen molar-refractivity contribution in [3.63, 3.8) is 0 Å². The van der Waals surface area contributed by atoms with Crippen LogP contribution in [0, 0.1) is 0 Å². The first-order valence-electron chi connectivity index (χ1n) is 1.45. The van der Waals surface area contributed by atoms with Gasteiger partial charge in [-0.25, -0.2) is 10.3 Å². The van der Waals surface area contributed by atoms with E-state index < -0.39 is 20.8 Å². The predicted octanol–water partition coefficient (Wildman–Crippen LogP) is -2.33. The van der Waals surface area contributed by atoms with E-state index in [-0.39, 0.29) is 18.9 Å². The summed E-state index contributed by atoms with van der Waals surface area (Å²) in [6.07, 6.45) is 0. The average molecular weight is 206 g/mol. The van der Waals surface area contributed by atoms with Crippen molar-refractivity contribution in [2.24, 2.45) is 10.3 Å². The van der Waals surface area contributed by atoms with Gasteiger partial charge in [0.2, 0.25) is 0 Å². The minimum atomic E-state index is -4.67. The van der Waals surface area contributed by atoms with Crippen LogP contribution in [0.1, 0.15) is 0 Å². The van der Waals surface area contributed by atoms with Crippen LogP contribution in [-0.2, 0) is 20.8 Å². The molecule has 0 fully saturated rings. The zero-order valence-electron chi connectivity index (χ0n) is 4.36. The Labute approximate surface area is 74.8 Å². The Morgan fingerprint density at radius 2 is 0.818 bits per heavy atom. The number of hydrogen-bond acceptors (Lipinski definition) is 4. The molecule has 0 unspecified atom stereocenters. The van der Waals surface area contributed by atoms with Gasteiger partial charge in [0.05, 0.1) is 0 Å². The molecule has 0 aromatic heterocycles. The first kappa shape index (κ1) is 17.4. The normalized spacial score (nSPS) is 10.5. The Balaban J connectivity index is -0.000000107. The van der Waals surface area contributed by atoms with Gasteiger partial charge >= 0.3 is 39.7 Å². The molecule has 66 valence electrons. The molecular formula is H5F2LiN2O4S2. The van der Waals surface area contributed by atoms with E-state index >= 15 is 0 Å². The Hall–Kier alpha value is 0.277. The van der Waals surface area contributed by atoms with E-state index in [2.05, 4.69) is 10.3 Å². The van der Waals surface area contributed by atoms with Crippen LogP contribution in [0.5, 0.6) is 0 Å². The Kier molecular flexibility index (Phi) is 9.28. The van der Waals surface area contributed by atoms with Gasteiger partial charge in [-0.15, -0.1) is 0 Å². The molecule has 0 amide bonds. The van der Waals surface area contributed by atoms with Crippen LogP contribution in [-0.4, -0.2) is 35.7 Å².